The van der Waals surface area contributed by atoms with Gasteiger partial charge in [0.1, 0.15) is 16.3 Å². The predicted octanol–water partition coefficient (Wildman–Crippen LogP) is 4.74. The number of hydrogen-bond donors (Lipinski definition) is 3. The maximum absolute atomic E-state index is 14.6. The third-order valence-electron chi connectivity index (χ3n) is 4.75. The van der Waals surface area contributed by atoms with Crippen molar-refractivity contribution in [3.05, 3.63) is 63.5 Å². The first-order valence-electron chi connectivity index (χ1n) is 8.26. The number of aromatic hydroxyl groups is 1. The predicted molar refractivity (Wildman–Crippen MR) is 112 cm³/mol. The van der Waals surface area contributed by atoms with Crippen molar-refractivity contribution >= 4 is 44.7 Å². The van der Waals surface area contributed by atoms with Crippen molar-refractivity contribution in [1.82, 2.24) is 4.98 Å². The molecular weight excluding hydrogens is 387 g/mol. The van der Waals surface area contributed by atoms with Crippen LogP contribution in [0.1, 0.15) is 18.4 Å². The Hall–Kier alpha value is -2.41. The number of pyridine rings is 1. The third-order valence-corrected chi connectivity index (χ3v) is 5.66. The van der Waals surface area contributed by atoms with Crippen LogP contribution >= 0.6 is 23.7 Å². The van der Waals surface area contributed by atoms with Gasteiger partial charge in [-0.2, -0.15) is 0 Å². The first kappa shape index (κ1) is 19.4. The standard InChI is InChI=1S/C20H17FN2O2S.ClH/c1-10(9-22)12-3-2-11(8-14(12)21)17-16(24)5-4-15-18(17)13-6-7-26-19(13)20(25)23-15;/h2-8,10,24H,9,22H2,1H3,(H,23,25);1H. The minimum atomic E-state index is -0.358. The molecule has 4 N–H and O–H groups in total. The number of hydrogen-bond acceptors (Lipinski definition) is 4. The van der Waals surface area contributed by atoms with Crippen molar-refractivity contribution in [2.24, 2.45) is 5.73 Å². The van der Waals surface area contributed by atoms with Crippen LogP contribution in [0.4, 0.5) is 4.39 Å². The molecule has 0 saturated heterocycles. The van der Waals surface area contributed by atoms with Crippen LogP contribution in [0.25, 0.3) is 32.1 Å². The van der Waals surface area contributed by atoms with Crippen molar-refractivity contribution in [3.8, 4) is 16.9 Å². The van der Waals surface area contributed by atoms with Gasteiger partial charge in [0.15, 0.2) is 0 Å². The molecule has 0 aliphatic heterocycles. The maximum atomic E-state index is 14.6. The molecule has 4 rings (SSSR count). The van der Waals surface area contributed by atoms with E-state index >= 15 is 0 Å². The van der Waals surface area contributed by atoms with Gasteiger partial charge in [0.05, 0.1) is 0 Å². The van der Waals surface area contributed by atoms with Crippen LogP contribution in [-0.4, -0.2) is 16.6 Å². The maximum Gasteiger partial charge on any atom is 0.266 e. The largest absolute Gasteiger partial charge is 0.507 e. The molecule has 1 atom stereocenters. The van der Waals surface area contributed by atoms with E-state index in [1.807, 2.05) is 18.4 Å². The summed E-state index contributed by atoms with van der Waals surface area (Å²) >= 11 is 1.34. The summed E-state index contributed by atoms with van der Waals surface area (Å²) in [7, 11) is 0. The van der Waals surface area contributed by atoms with Gasteiger partial charge in [-0.25, -0.2) is 4.39 Å². The van der Waals surface area contributed by atoms with Crippen molar-refractivity contribution in [2.45, 2.75) is 12.8 Å². The molecule has 0 fully saturated rings. The fourth-order valence-electron chi connectivity index (χ4n) is 3.34. The van der Waals surface area contributed by atoms with Crippen LogP contribution in [0, 0.1) is 5.82 Å². The molecule has 0 bridgehead atoms. The Balaban J connectivity index is 0.00000210. The highest BCUT2D eigenvalue weighted by molar-refractivity contribution is 7.17. The second-order valence-corrected chi connectivity index (χ2v) is 7.29. The number of aromatic amines is 1. The van der Waals surface area contributed by atoms with E-state index in [0.717, 1.165) is 5.39 Å². The second-order valence-electron chi connectivity index (χ2n) is 6.37. The second kappa shape index (κ2) is 7.31. The summed E-state index contributed by atoms with van der Waals surface area (Å²) in [6.45, 7) is 2.22. The van der Waals surface area contributed by atoms with Gasteiger partial charge < -0.3 is 15.8 Å². The lowest BCUT2D eigenvalue weighted by Crippen LogP contribution is -2.10. The lowest BCUT2D eigenvalue weighted by molar-refractivity contribution is 0.478. The quantitative estimate of drug-likeness (QED) is 0.461. The summed E-state index contributed by atoms with van der Waals surface area (Å²) < 4.78 is 15.2. The van der Waals surface area contributed by atoms with Crippen LogP contribution in [-0.2, 0) is 0 Å². The van der Waals surface area contributed by atoms with E-state index in [1.165, 1.54) is 23.5 Å². The van der Waals surface area contributed by atoms with E-state index in [4.69, 9.17) is 5.73 Å². The molecule has 140 valence electrons. The smallest absolute Gasteiger partial charge is 0.266 e. The van der Waals surface area contributed by atoms with E-state index in [2.05, 4.69) is 4.98 Å². The Morgan fingerprint density at radius 2 is 2.04 bits per heavy atom. The number of benzene rings is 2. The van der Waals surface area contributed by atoms with Crippen LogP contribution in [0.3, 0.4) is 0 Å². The lowest BCUT2D eigenvalue weighted by atomic mass is 9.93. The number of rotatable bonds is 3. The molecule has 1 unspecified atom stereocenters. The minimum absolute atomic E-state index is 0. The van der Waals surface area contributed by atoms with E-state index in [0.29, 0.717) is 38.8 Å². The number of H-pyrrole nitrogens is 1. The summed E-state index contributed by atoms with van der Waals surface area (Å²) in [6.07, 6.45) is 0. The van der Waals surface area contributed by atoms with Gasteiger partial charge in [-0.3, -0.25) is 4.79 Å². The van der Waals surface area contributed by atoms with E-state index in [1.54, 1.807) is 18.2 Å². The third kappa shape index (κ3) is 3.10. The van der Waals surface area contributed by atoms with Gasteiger partial charge in [0.2, 0.25) is 0 Å². The van der Waals surface area contributed by atoms with Crippen molar-refractivity contribution in [2.75, 3.05) is 6.54 Å². The molecule has 2 heterocycles. The molecule has 27 heavy (non-hydrogen) atoms. The summed E-state index contributed by atoms with van der Waals surface area (Å²) in [5.41, 5.74) is 7.69. The monoisotopic (exact) mass is 404 g/mol. The topological polar surface area (TPSA) is 79.1 Å². The fraction of sp³-hybridized carbons (Fsp3) is 0.150. The average molecular weight is 405 g/mol. The summed E-state index contributed by atoms with van der Waals surface area (Å²) in [4.78, 5) is 15.1. The summed E-state index contributed by atoms with van der Waals surface area (Å²) in [5.74, 6) is -0.413. The molecule has 4 nitrogen and oxygen atoms in total. The number of thiophene rings is 1. The number of phenols is 1. The highest BCUT2D eigenvalue weighted by Crippen LogP contribution is 2.40. The van der Waals surface area contributed by atoms with Gasteiger partial charge in [-0.1, -0.05) is 19.1 Å². The Labute approximate surface area is 164 Å². The molecule has 0 amide bonds. The van der Waals surface area contributed by atoms with Gasteiger partial charge in [-0.15, -0.1) is 23.7 Å². The van der Waals surface area contributed by atoms with E-state index in [9.17, 15) is 14.3 Å². The molecule has 0 radical (unpaired) electrons. The highest BCUT2D eigenvalue weighted by atomic mass is 35.5. The van der Waals surface area contributed by atoms with Crippen molar-refractivity contribution in [3.63, 3.8) is 0 Å². The lowest BCUT2D eigenvalue weighted by Gasteiger charge is -2.14. The number of phenolic OH excluding ortho intramolecular Hbond substituents is 1. The molecule has 4 aromatic rings. The molecule has 0 aliphatic rings. The Morgan fingerprint density at radius 1 is 1.26 bits per heavy atom. The first-order chi connectivity index (χ1) is 12.5. The average Bonchev–Trinajstić information content (AvgIpc) is 3.12. The van der Waals surface area contributed by atoms with Gasteiger partial charge in [0, 0.05) is 21.9 Å². The van der Waals surface area contributed by atoms with Crippen molar-refractivity contribution < 1.29 is 9.50 Å². The fourth-order valence-corrected chi connectivity index (χ4v) is 4.13. The summed E-state index contributed by atoms with van der Waals surface area (Å²) in [5, 5.41) is 13.8. The zero-order chi connectivity index (χ0) is 18.4. The number of fused-ring (bicyclic) bond motifs is 3. The summed E-state index contributed by atoms with van der Waals surface area (Å²) in [6, 6.07) is 9.92. The Bertz CT molecular complexity index is 1200. The molecule has 7 heteroatoms. The SMILES string of the molecule is CC(CN)c1ccc(-c2c(O)ccc3[nH]c(=O)c4sccc4c23)cc1F.Cl. The molecule has 0 saturated carbocycles. The van der Waals surface area contributed by atoms with Crippen molar-refractivity contribution in [1.29, 1.82) is 0 Å². The molecule has 0 spiro atoms. The zero-order valence-corrected chi connectivity index (χ0v) is 16.1. The van der Waals surface area contributed by atoms with E-state index in [-0.39, 0.29) is 35.5 Å². The Morgan fingerprint density at radius 3 is 2.74 bits per heavy atom. The number of aromatic nitrogens is 1. The van der Waals surface area contributed by atoms with E-state index < -0.39 is 0 Å². The molecule has 2 aromatic heterocycles. The van der Waals surface area contributed by atoms with Crippen LogP contribution in [0.5, 0.6) is 5.75 Å². The number of nitrogens with two attached hydrogens (primary N) is 1. The molecule has 2 aromatic carbocycles. The zero-order valence-electron chi connectivity index (χ0n) is 14.5. The molecule has 0 aliphatic carbocycles. The number of nitrogens with one attached hydrogen (secondary N) is 1. The highest BCUT2D eigenvalue weighted by Gasteiger charge is 2.17. The van der Waals surface area contributed by atoms with Crippen LogP contribution < -0.4 is 11.3 Å². The Kier molecular flexibility index (Phi) is 5.24. The van der Waals surface area contributed by atoms with Crippen LogP contribution in [0.2, 0.25) is 0 Å². The number of halogens is 2. The van der Waals surface area contributed by atoms with Gasteiger partial charge >= 0.3 is 0 Å². The molecular formula is C20H18ClFN2O2S. The normalized spacial score (nSPS) is 12.3. The van der Waals surface area contributed by atoms with Crippen LogP contribution in [0.15, 0.2) is 46.6 Å². The van der Waals surface area contributed by atoms with Gasteiger partial charge in [0.25, 0.3) is 5.56 Å². The van der Waals surface area contributed by atoms with Gasteiger partial charge in [-0.05, 0) is 53.2 Å². The first-order valence-corrected chi connectivity index (χ1v) is 9.14. The minimum Gasteiger partial charge on any atom is -0.507 e.